The van der Waals surface area contributed by atoms with E-state index >= 15 is 0 Å². The van der Waals surface area contributed by atoms with Crippen molar-refractivity contribution in [3.8, 4) is 0 Å². The molecule has 0 saturated heterocycles. The lowest BCUT2D eigenvalue weighted by atomic mass is 10.1. The van der Waals surface area contributed by atoms with Crippen molar-refractivity contribution in [3.05, 3.63) is 39.7 Å². The molecule has 2 rings (SSSR count). The molecule has 0 radical (unpaired) electrons. The van der Waals surface area contributed by atoms with E-state index in [-0.39, 0.29) is 6.04 Å². The summed E-state index contributed by atoms with van der Waals surface area (Å²) in [6.45, 7) is 8.53. The third-order valence-electron chi connectivity index (χ3n) is 2.97. The average molecular weight is 264 g/mol. The Morgan fingerprint density at radius 1 is 1.39 bits per heavy atom. The minimum absolute atomic E-state index is 0.278. The maximum Gasteiger partial charge on any atom is 0.105 e. The van der Waals surface area contributed by atoms with Gasteiger partial charge >= 0.3 is 0 Å². The van der Waals surface area contributed by atoms with E-state index in [1.54, 1.807) is 17.6 Å². The topological polar surface area (TPSA) is 38.1 Å². The first-order valence-electron chi connectivity index (χ1n) is 6.28. The Morgan fingerprint density at radius 2 is 2.17 bits per heavy atom. The van der Waals surface area contributed by atoms with Crippen molar-refractivity contribution in [1.82, 2.24) is 10.3 Å². The van der Waals surface area contributed by atoms with E-state index in [9.17, 15) is 0 Å². The Bertz CT molecular complexity index is 490. The highest BCUT2D eigenvalue weighted by Crippen LogP contribution is 2.23. The molecule has 2 unspecified atom stereocenters. The molecule has 0 spiro atoms. The number of hydrogen-bond acceptors (Lipinski definition) is 4. The van der Waals surface area contributed by atoms with Gasteiger partial charge in [0.25, 0.3) is 0 Å². The van der Waals surface area contributed by atoms with E-state index in [4.69, 9.17) is 4.42 Å². The molecule has 98 valence electrons. The molecule has 0 aliphatic rings. The van der Waals surface area contributed by atoms with Crippen LogP contribution in [0.3, 0.4) is 0 Å². The Balaban J connectivity index is 1.94. The molecule has 4 heteroatoms. The summed E-state index contributed by atoms with van der Waals surface area (Å²) in [6.07, 6.45) is 2.62. The molecule has 1 N–H and O–H groups in total. The Hall–Kier alpha value is -1.13. The highest BCUT2D eigenvalue weighted by atomic mass is 32.1. The Labute approximate surface area is 112 Å². The van der Waals surface area contributed by atoms with Crippen LogP contribution in [0, 0.1) is 13.8 Å². The van der Waals surface area contributed by atoms with Crippen LogP contribution in [0.5, 0.6) is 0 Å². The summed E-state index contributed by atoms with van der Waals surface area (Å²) in [7, 11) is 0. The van der Waals surface area contributed by atoms with Crippen molar-refractivity contribution in [1.29, 1.82) is 0 Å². The standard InChI is InChI=1S/C14H20N2OS/c1-9(8-13-6-5-7-17-13)15-10(2)14-11(3)18-12(4)16-14/h5-7,9-10,15H,8H2,1-4H3. The number of aryl methyl sites for hydroxylation is 2. The molecule has 0 aliphatic heterocycles. The highest BCUT2D eigenvalue weighted by molar-refractivity contribution is 7.11. The van der Waals surface area contributed by atoms with Gasteiger partial charge in [0.2, 0.25) is 0 Å². The normalized spacial score (nSPS) is 14.7. The molecule has 2 atom stereocenters. The lowest BCUT2D eigenvalue weighted by Gasteiger charge is -2.18. The number of hydrogen-bond donors (Lipinski definition) is 1. The van der Waals surface area contributed by atoms with Crippen molar-refractivity contribution >= 4 is 11.3 Å². The fourth-order valence-electron chi connectivity index (χ4n) is 2.24. The van der Waals surface area contributed by atoms with Gasteiger partial charge in [-0.1, -0.05) is 0 Å². The van der Waals surface area contributed by atoms with Crippen LogP contribution in [0.15, 0.2) is 22.8 Å². The van der Waals surface area contributed by atoms with Crippen LogP contribution in [0.25, 0.3) is 0 Å². The second-order valence-electron chi connectivity index (χ2n) is 4.75. The zero-order valence-corrected chi connectivity index (χ0v) is 12.2. The molecule has 2 aromatic heterocycles. The molecular weight excluding hydrogens is 244 g/mol. The van der Waals surface area contributed by atoms with E-state index in [2.05, 4.69) is 38.0 Å². The molecule has 2 heterocycles. The second-order valence-corrected chi connectivity index (χ2v) is 6.15. The van der Waals surface area contributed by atoms with Crippen LogP contribution >= 0.6 is 11.3 Å². The minimum atomic E-state index is 0.278. The quantitative estimate of drug-likeness (QED) is 0.896. The van der Waals surface area contributed by atoms with Gasteiger partial charge in [-0.25, -0.2) is 4.98 Å². The third kappa shape index (κ3) is 3.21. The largest absolute Gasteiger partial charge is 0.469 e. The number of nitrogens with zero attached hydrogens (tertiary/aromatic N) is 1. The number of furan rings is 1. The number of aromatic nitrogens is 1. The predicted octanol–water partition coefficient (Wildman–Crippen LogP) is 3.63. The average Bonchev–Trinajstić information content (AvgIpc) is 2.88. The summed E-state index contributed by atoms with van der Waals surface area (Å²) in [4.78, 5) is 5.90. The van der Waals surface area contributed by atoms with E-state index < -0.39 is 0 Å². The Morgan fingerprint density at radius 3 is 2.72 bits per heavy atom. The molecule has 3 nitrogen and oxygen atoms in total. The summed E-state index contributed by atoms with van der Waals surface area (Å²) in [5.41, 5.74) is 1.17. The van der Waals surface area contributed by atoms with Crippen LogP contribution in [0.2, 0.25) is 0 Å². The third-order valence-corrected chi connectivity index (χ3v) is 3.87. The van der Waals surface area contributed by atoms with Gasteiger partial charge in [0, 0.05) is 23.4 Å². The van der Waals surface area contributed by atoms with Gasteiger partial charge in [-0.3, -0.25) is 0 Å². The minimum Gasteiger partial charge on any atom is -0.469 e. The van der Waals surface area contributed by atoms with Gasteiger partial charge < -0.3 is 9.73 Å². The molecular formula is C14H20N2OS. The van der Waals surface area contributed by atoms with E-state index in [1.165, 1.54) is 10.6 Å². The summed E-state index contributed by atoms with van der Waals surface area (Å²) in [6, 6.07) is 4.59. The summed E-state index contributed by atoms with van der Waals surface area (Å²) >= 11 is 1.76. The lowest BCUT2D eigenvalue weighted by molar-refractivity contribution is 0.425. The van der Waals surface area contributed by atoms with Crippen LogP contribution < -0.4 is 5.32 Å². The zero-order valence-electron chi connectivity index (χ0n) is 11.4. The van der Waals surface area contributed by atoms with E-state index in [0.717, 1.165) is 17.2 Å². The van der Waals surface area contributed by atoms with Crippen LogP contribution in [0.4, 0.5) is 0 Å². The first kappa shape index (κ1) is 13.3. The van der Waals surface area contributed by atoms with Crippen molar-refractivity contribution in [3.63, 3.8) is 0 Å². The maximum absolute atomic E-state index is 5.37. The highest BCUT2D eigenvalue weighted by Gasteiger charge is 2.15. The molecule has 0 saturated carbocycles. The zero-order chi connectivity index (χ0) is 13.1. The molecule has 2 aromatic rings. The first-order chi connectivity index (χ1) is 8.56. The van der Waals surface area contributed by atoms with Gasteiger partial charge in [-0.2, -0.15) is 0 Å². The van der Waals surface area contributed by atoms with Crippen molar-refractivity contribution in [2.45, 2.75) is 46.2 Å². The van der Waals surface area contributed by atoms with Crippen LogP contribution in [-0.4, -0.2) is 11.0 Å². The monoisotopic (exact) mass is 264 g/mol. The smallest absolute Gasteiger partial charge is 0.105 e. The SMILES string of the molecule is Cc1nc(C(C)NC(C)Cc2ccco2)c(C)s1. The second kappa shape index (κ2) is 5.67. The molecule has 0 amide bonds. The van der Waals surface area contributed by atoms with Gasteiger partial charge in [0.05, 0.1) is 17.0 Å². The fourth-order valence-corrected chi connectivity index (χ4v) is 3.16. The summed E-state index contributed by atoms with van der Waals surface area (Å²) < 4.78 is 5.37. The fraction of sp³-hybridized carbons (Fsp3) is 0.500. The van der Waals surface area contributed by atoms with Crippen LogP contribution in [0.1, 0.15) is 41.2 Å². The van der Waals surface area contributed by atoms with Crippen molar-refractivity contribution < 1.29 is 4.42 Å². The molecule has 0 bridgehead atoms. The number of nitrogens with one attached hydrogen (secondary N) is 1. The molecule has 0 aromatic carbocycles. The van der Waals surface area contributed by atoms with E-state index in [1.807, 2.05) is 12.1 Å². The maximum atomic E-state index is 5.37. The predicted molar refractivity (Wildman–Crippen MR) is 75.0 cm³/mol. The molecule has 0 fully saturated rings. The van der Waals surface area contributed by atoms with Crippen molar-refractivity contribution in [2.24, 2.45) is 0 Å². The van der Waals surface area contributed by atoms with Gasteiger partial charge in [-0.05, 0) is 39.8 Å². The van der Waals surface area contributed by atoms with Crippen LogP contribution in [-0.2, 0) is 6.42 Å². The lowest BCUT2D eigenvalue weighted by Crippen LogP contribution is -2.31. The first-order valence-corrected chi connectivity index (χ1v) is 7.10. The van der Waals surface area contributed by atoms with Crippen molar-refractivity contribution in [2.75, 3.05) is 0 Å². The Kier molecular flexibility index (Phi) is 4.19. The number of rotatable bonds is 5. The number of thiazole rings is 1. The van der Waals surface area contributed by atoms with Gasteiger partial charge in [-0.15, -0.1) is 11.3 Å². The summed E-state index contributed by atoms with van der Waals surface area (Å²) in [5.74, 6) is 1.02. The molecule has 18 heavy (non-hydrogen) atoms. The van der Waals surface area contributed by atoms with Gasteiger partial charge in [0.15, 0.2) is 0 Å². The molecule has 0 aliphatic carbocycles. The van der Waals surface area contributed by atoms with E-state index in [0.29, 0.717) is 6.04 Å². The summed E-state index contributed by atoms with van der Waals surface area (Å²) in [5, 5.41) is 4.71. The van der Waals surface area contributed by atoms with Gasteiger partial charge in [0.1, 0.15) is 5.76 Å².